The van der Waals surface area contributed by atoms with Crippen LogP contribution in [0.3, 0.4) is 0 Å². The van der Waals surface area contributed by atoms with Gasteiger partial charge in [-0.2, -0.15) is 0 Å². The fraction of sp³-hybridized carbons (Fsp3) is 0.643. The molecule has 0 aromatic carbocycles. The summed E-state index contributed by atoms with van der Waals surface area (Å²) >= 11 is 0. The van der Waals surface area contributed by atoms with Gasteiger partial charge in [-0.15, -0.1) is 0 Å². The van der Waals surface area contributed by atoms with E-state index in [0.717, 1.165) is 19.4 Å². The summed E-state index contributed by atoms with van der Waals surface area (Å²) in [6, 6.07) is 0.488. The van der Waals surface area contributed by atoms with Gasteiger partial charge < -0.3 is 14.8 Å². The Balaban J connectivity index is 1.62. The fourth-order valence-corrected chi connectivity index (χ4v) is 3.27. The highest BCUT2D eigenvalue weighted by Gasteiger charge is 2.28. The van der Waals surface area contributed by atoms with Crippen LogP contribution >= 0.6 is 0 Å². The van der Waals surface area contributed by atoms with E-state index in [2.05, 4.69) is 21.9 Å². The molecule has 2 aliphatic rings. The van der Waals surface area contributed by atoms with Gasteiger partial charge in [0.15, 0.2) is 0 Å². The number of carbonyl (C=O) groups excluding carboxylic acids is 1. The molecule has 21 heavy (non-hydrogen) atoms. The minimum atomic E-state index is -0.513. The van der Waals surface area contributed by atoms with Crippen molar-refractivity contribution in [2.75, 3.05) is 13.6 Å². The smallest absolute Gasteiger partial charge is 0.325 e. The third-order valence-electron chi connectivity index (χ3n) is 4.54. The Kier molecular flexibility index (Phi) is 3.67. The van der Waals surface area contributed by atoms with Crippen LogP contribution in [0.1, 0.15) is 36.9 Å². The van der Waals surface area contributed by atoms with Crippen molar-refractivity contribution in [1.82, 2.24) is 19.8 Å². The van der Waals surface area contributed by atoms with E-state index in [0.29, 0.717) is 36.8 Å². The molecule has 7 nitrogen and oxygen atoms in total. The average Bonchev–Trinajstić information content (AvgIpc) is 3.02. The van der Waals surface area contributed by atoms with Gasteiger partial charge >= 0.3 is 5.69 Å². The number of amides is 1. The highest BCUT2D eigenvalue weighted by Crippen LogP contribution is 2.22. The summed E-state index contributed by atoms with van der Waals surface area (Å²) in [5.41, 5.74) is 0.163. The molecule has 0 aliphatic carbocycles. The number of fused-ring (bicyclic) bond motifs is 1. The summed E-state index contributed by atoms with van der Waals surface area (Å²) in [7, 11) is 2.10. The maximum atomic E-state index is 12.3. The molecule has 2 N–H and O–H groups in total. The SMILES string of the molecule is CN1CCCC1CCC(=O)N1Cc2[nH]c(=O)[nH]c(=O)c2C1. The Morgan fingerprint density at radius 3 is 2.81 bits per heavy atom. The summed E-state index contributed by atoms with van der Waals surface area (Å²) in [4.78, 5) is 44.0. The van der Waals surface area contributed by atoms with E-state index >= 15 is 0 Å². The lowest BCUT2D eigenvalue weighted by Crippen LogP contribution is -2.30. The number of hydrogen-bond acceptors (Lipinski definition) is 4. The number of aromatic amines is 2. The molecule has 3 heterocycles. The zero-order valence-corrected chi connectivity index (χ0v) is 12.1. The lowest BCUT2D eigenvalue weighted by atomic mass is 10.1. The normalized spacial score (nSPS) is 21.8. The van der Waals surface area contributed by atoms with Crippen molar-refractivity contribution in [2.45, 2.75) is 44.8 Å². The van der Waals surface area contributed by atoms with Gasteiger partial charge in [0.2, 0.25) is 5.91 Å². The summed E-state index contributed by atoms with van der Waals surface area (Å²) in [5, 5.41) is 0. The first-order valence-corrected chi connectivity index (χ1v) is 7.37. The van der Waals surface area contributed by atoms with Gasteiger partial charge in [0.05, 0.1) is 18.7 Å². The van der Waals surface area contributed by atoms with Gasteiger partial charge in [0, 0.05) is 18.2 Å². The van der Waals surface area contributed by atoms with Gasteiger partial charge in [-0.25, -0.2) is 4.79 Å². The number of carbonyl (C=O) groups is 1. The molecule has 1 saturated heterocycles. The molecule has 0 bridgehead atoms. The maximum Gasteiger partial charge on any atom is 0.325 e. The second-order valence-electron chi connectivity index (χ2n) is 5.93. The Morgan fingerprint density at radius 2 is 2.10 bits per heavy atom. The molecule has 1 aromatic rings. The molecule has 1 fully saturated rings. The van der Waals surface area contributed by atoms with Crippen LogP contribution in [0.25, 0.3) is 0 Å². The second kappa shape index (κ2) is 5.48. The molecular formula is C14H20N4O3. The summed E-state index contributed by atoms with van der Waals surface area (Å²) in [6.07, 6.45) is 3.69. The third kappa shape index (κ3) is 2.78. The van der Waals surface area contributed by atoms with Crippen molar-refractivity contribution in [3.05, 3.63) is 32.1 Å². The summed E-state index contributed by atoms with van der Waals surface area (Å²) in [6.45, 7) is 1.72. The molecule has 0 radical (unpaired) electrons. The van der Waals surface area contributed by atoms with Gasteiger partial charge in [0.1, 0.15) is 0 Å². The summed E-state index contributed by atoms with van der Waals surface area (Å²) < 4.78 is 0. The molecule has 2 aliphatic heterocycles. The molecule has 0 spiro atoms. The monoisotopic (exact) mass is 292 g/mol. The van der Waals surface area contributed by atoms with Crippen LogP contribution in [0, 0.1) is 0 Å². The first kappa shape index (κ1) is 14.1. The molecular weight excluding hydrogens is 272 g/mol. The van der Waals surface area contributed by atoms with Gasteiger partial charge in [-0.05, 0) is 32.9 Å². The maximum absolute atomic E-state index is 12.3. The Labute approximate surface area is 122 Å². The summed E-state index contributed by atoms with van der Waals surface area (Å²) in [5.74, 6) is 0.0479. The fourth-order valence-electron chi connectivity index (χ4n) is 3.27. The Morgan fingerprint density at radius 1 is 1.29 bits per heavy atom. The number of H-pyrrole nitrogens is 2. The van der Waals surface area contributed by atoms with E-state index in [1.165, 1.54) is 6.42 Å². The number of nitrogens with zero attached hydrogens (tertiary/aromatic N) is 2. The van der Waals surface area contributed by atoms with E-state index < -0.39 is 5.69 Å². The zero-order valence-electron chi connectivity index (χ0n) is 12.1. The molecule has 1 aromatic heterocycles. The van der Waals surface area contributed by atoms with Crippen LogP contribution in [0.15, 0.2) is 9.59 Å². The molecule has 7 heteroatoms. The lowest BCUT2D eigenvalue weighted by molar-refractivity contribution is -0.132. The topological polar surface area (TPSA) is 89.3 Å². The molecule has 1 amide bonds. The molecule has 3 rings (SSSR count). The standard InChI is InChI=1S/C14H20N4O3/c1-17-6-2-3-9(17)4-5-12(19)18-7-10-11(8-18)15-14(21)16-13(10)20/h9H,2-8H2,1H3,(H2,15,16,20,21). The van der Waals surface area contributed by atoms with Crippen molar-refractivity contribution in [3.8, 4) is 0 Å². The number of rotatable bonds is 3. The van der Waals surface area contributed by atoms with Crippen LogP contribution in [0.2, 0.25) is 0 Å². The number of aromatic nitrogens is 2. The van der Waals surface area contributed by atoms with Gasteiger partial charge in [0.25, 0.3) is 5.56 Å². The number of nitrogens with one attached hydrogen (secondary N) is 2. The molecule has 0 saturated carbocycles. The van der Waals surface area contributed by atoms with Crippen LogP contribution in [-0.2, 0) is 17.9 Å². The number of hydrogen-bond donors (Lipinski definition) is 2. The lowest BCUT2D eigenvalue weighted by Gasteiger charge is -2.21. The van der Waals surface area contributed by atoms with Crippen LogP contribution < -0.4 is 11.2 Å². The first-order chi connectivity index (χ1) is 10.0. The van der Waals surface area contributed by atoms with E-state index in [1.807, 2.05) is 0 Å². The van der Waals surface area contributed by atoms with Crippen molar-refractivity contribution in [1.29, 1.82) is 0 Å². The van der Waals surface area contributed by atoms with Crippen molar-refractivity contribution in [2.24, 2.45) is 0 Å². The van der Waals surface area contributed by atoms with Crippen molar-refractivity contribution < 1.29 is 4.79 Å². The molecule has 1 unspecified atom stereocenters. The third-order valence-corrected chi connectivity index (χ3v) is 4.54. The van der Waals surface area contributed by atoms with Crippen LogP contribution in [-0.4, -0.2) is 45.3 Å². The minimum Gasteiger partial charge on any atom is -0.332 e. The predicted octanol–water partition coefficient (Wildman–Crippen LogP) is -0.220. The molecule has 114 valence electrons. The minimum absolute atomic E-state index is 0.0479. The predicted molar refractivity (Wildman–Crippen MR) is 76.8 cm³/mol. The average molecular weight is 292 g/mol. The Hall–Kier alpha value is -1.89. The van der Waals surface area contributed by atoms with Gasteiger partial charge in [-0.1, -0.05) is 0 Å². The Bertz CT molecular complexity index is 663. The van der Waals surface area contributed by atoms with E-state index in [1.54, 1.807) is 4.90 Å². The number of likely N-dealkylation sites (tertiary alicyclic amines) is 1. The van der Waals surface area contributed by atoms with E-state index in [-0.39, 0.29) is 11.5 Å². The van der Waals surface area contributed by atoms with Crippen LogP contribution in [0.4, 0.5) is 0 Å². The van der Waals surface area contributed by atoms with E-state index in [9.17, 15) is 14.4 Å². The quantitative estimate of drug-likeness (QED) is 0.806. The highest BCUT2D eigenvalue weighted by molar-refractivity contribution is 5.76. The first-order valence-electron chi connectivity index (χ1n) is 7.37. The van der Waals surface area contributed by atoms with Crippen molar-refractivity contribution in [3.63, 3.8) is 0 Å². The zero-order chi connectivity index (χ0) is 15.0. The van der Waals surface area contributed by atoms with E-state index in [4.69, 9.17) is 0 Å². The van der Waals surface area contributed by atoms with Crippen LogP contribution in [0.5, 0.6) is 0 Å². The van der Waals surface area contributed by atoms with Crippen molar-refractivity contribution >= 4 is 5.91 Å². The molecule has 1 atom stereocenters. The highest BCUT2D eigenvalue weighted by atomic mass is 16.2. The largest absolute Gasteiger partial charge is 0.332 e. The van der Waals surface area contributed by atoms with Gasteiger partial charge in [-0.3, -0.25) is 14.6 Å². The second-order valence-corrected chi connectivity index (χ2v) is 5.93.